The van der Waals surface area contributed by atoms with Crippen molar-refractivity contribution in [2.45, 2.75) is 36.9 Å². The second-order valence-corrected chi connectivity index (χ2v) is 8.22. The first kappa shape index (κ1) is 22.2. The molecule has 0 saturated heterocycles. The van der Waals surface area contributed by atoms with E-state index >= 15 is 0 Å². The molecule has 0 saturated carbocycles. The van der Waals surface area contributed by atoms with E-state index in [1.54, 1.807) is 0 Å². The molecule has 2 atom stereocenters. The van der Waals surface area contributed by atoms with Gasteiger partial charge in [0, 0.05) is 12.1 Å². The van der Waals surface area contributed by atoms with Crippen LogP contribution in [0.3, 0.4) is 0 Å². The van der Waals surface area contributed by atoms with Crippen LogP contribution in [0.4, 0.5) is 26.3 Å². The van der Waals surface area contributed by atoms with E-state index < -0.39 is 50.4 Å². The summed E-state index contributed by atoms with van der Waals surface area (Å²) in [6.45, 7) is 1.21. The third kappa shape index (κ3) is 5.22. The molecule has 2 aromatic rings. The highest BCUT2D eigenvalue weighted by atomic mass is 32.2. The first-order valence-electron chi connectivity index (χ1n) is 7.92. The van der Waals surface area contributed by atoms with Gasteiger partial charge >= 0.3 is 12.4 Å². The molecule has 1 heterocycles. The fourth-order valence-electron chi connectivity index (χ4n) is 2.71. The van der Waals surface area contributed by atoms with E-state index in [2.05, 4.69) is 4.98 Å². The van der Waals surface area contributed by atoms with Crippen LogP contribution in [0.25, 0.3) is 0 Å². The predicted octanol–water partition coefficient (Wildman–Crippen LogP) is 4.32. The number of primary sulfonamides is 1. The summed E-state index contributed by atoms with van der Waals surface area (Å²) in [5.74, 6) is -1.23. The molecule has 154 valence electrons. The van der Waals surface area contributed by atoms with Crippen LogP contribution in [0.15, 0.2) is 42.6 Å². The molecule has 1 aromatic carbocycles. The van der Waals surface area contributed by atoms with Crippen molar-refractivity contribution in [2.75, 3.05) is 0 Å². The fraction of sp³-hybridized carbons (Fsp3) is 0.353. The Balaban J connectivity index is 2.59. The topological polar surface area (TPSA) is 73.0 Å². The van der Waals surface area contributed by atoms with Gasteiger partial charge in [-0.1, -0.05) is 12.1 Å². The zero-order valence-electron chi connectivity index (χ0n) is 14.4. The summed E-state index contributed by atoms with van der Waals surface area (Å²) >= 11 is 0. The van der Waals surface area contributed by atoms with Gasteiger partial charge < -0.3 is 0 Å². The predicted molar refractivity (Wildman–Crippen MR) is 89.7 cm³/mol. The number of sulfonamides is 1. The lowest BCUT2D eigenvalue weighted by Gasteiger charge is -2.23. The molecule has 2 rings (SSSR count). The van der Waals surface area contributed by atoms with Crippen LogP contribution in [0.5, 0.6) is 0 Å². The Kier molecular flexibility index (Phi) is 6.10. The van der Waals surface area contributed by atoms with Crippen LogP contribution < -0.4 is 5.14 Å². The minimum absolute atomic E-state index is 0.0627. The van der Waals surface area contributed by atoms with Crippen molar-refractivity contribution in [3.8, 4) is 0 Å². The molecule has 0 fully saturated rings. The van der Waals surface area contributed by atoms with Gasteiger partial charge in [-0.3, -0.25) is 4.98 Å². The van der Waals surface area contributed by atoms with Crippen LogP contribution in [0.1, 0.15) is 41.6 Å². The Labute approximate surface area is 157 Å². The van der Waals surface area contributed by atoms with Gasteiger partial charge in [0.2, 0.25) is 10.0 Å². The summed E-state index contributed by atoms with van der Waals surface area (Å²) in [7, 11) is -4.08. The van der Waals surface area contributed by atoms with Gasteiger partial charge in [0.25, 0.3) is 0 Å². The molecule has 0 aliphatic carbocycles. The van der Waals surface area contributed by atoms with E-state index in [1.165, 1.54) is 6.92 Å². The SMILES string of the molecule is CC(C[C@@H](c1ccc(C(F)(F)F)cc1)c1ncccc1C(F)(F)F)S(N)(=O)=O. The van der Waals surface area contributed by atoms with Gasteiger partial charge in [-0.05, 0) is 43.2 Å². The highest BCUT2D eigenvalue weighted by Gasteiger charge is 2.38. The summed E-state index contributed by atoms with van der Waals surface area (Å²) in [4.78, 5) is 3.75. The Bertz CT molecular complexity index is 924. The van der Waals surface area contributed by atoms with E-state index in [9.17, 15) is 34.8 Å². The van der Waals surface area contributed by atoms with Crippen molar-refractivity contribution in [1.82, 2.24) is 4.98 Å². The molecular formula is C17H16F6N2O2S. The maximum absolute atomic E-state index is 13.4. The van der Waals surface area contributed by atoms with Gasteiger partial charge in [0.05, 0.1) is 22.1 Å². The molecule has 1 aromatic heterocycles. The van der Waals surface area contributed by atoms with Gasteiger partial charge in [0.15, 0.2) is 0 Å². The third-order valence-electron chi connectivity index (χ3n) is 4.24. The number of hydrogen-bond donors (Lipinski definition) is 1. The van der Waals surface area contributed by atoms with E-state index in [0.717, 1.165) is 42.6 Å². The van der Waals surface area contributed by atoms with E-state index in [4.69, 9.17) is 5.14 Å². The van der Waals surface area contributed by atoms with Gasteiger partial charge in [-0.2, -0.15) is 26.3 Å². The molecule has 0 aliphatic heterocycles. The van der Waals surface area contributed by atoms with Crippen molar-refractivity contribution in [3.63, 3.8) is 0 Å². The molecule has 0 amide bonds. The summed E-state index contributed by atoms with van der Waals surface area (Å²) in [5, 5.41) is 3.82. The average Bonchev–Trinajstić information content (AvgIpc) is 2.57. The summed E-state index contributed by atoms with van der Waals surface area (Å²) in [6, 6.07) is 5.32. The number of halogens is 6. The lowest BCUT2D eigenvalue weighted by Crippen LogP contribution is -2.28. The van der Waals surface area contributed by atoms with Gasteiger partial charge in [-0.15, -0.1) is 0 Å². The standard InChI is InChI=1S/C17H16F6N2O2S/c1-10(28(24,26)27)9-13(11-4-6-12(7-5-11)16(18,19)20)15-14(17(21,22)23)3-2-8-25-15/h2-8,10,13H,9H2,1H3,(H2,24,26,27)/t10?,13-/m0/s1. The molecule has 11 heteroatoms. The normalized spacial score (nSPS) is 15.3. The van der Waals surface area contributed by atoms with Crippen LogP contribution in [0.2, 0.25) is 0 Å². The highest BCUT2D eigenvalue weighted by Crippen LogP contribution is 2.39. The number of nitrogens with two attached hydrogens (primary N) is 1. The van der Waals surface area contributed by atoms with Crippen LogP contribution >= 0.6 is 0 Å². The molecule has 28 heavy (non-hydrogen) atoms. The lowest BCUT2D eigenvalue weighted by atomic mass is 9.87. The zero-order valence-corrected chi connectivity index (χ0v) is 15.2. The van der Waals surface area contributed by atoms with E-state index in [0.29, 0.717) is 0 Å². The number of alkyl halides is 6. The largest absolute Gasteiger partial charge is 0.418 e. The summed E-state index contributed by atoms with van der Waals surface area (Å²) in [6.07, 6.45) is -8.68. The minimum atomic E-state index is -4.78. The Hall–Kier alpha value is -2.14. The first-order chi connectivity index (χ1) is 12.7. The number of benzene rings is 1. The van der Waals surface area contributed by atoms with Crippen LogP contribution in [0, 0.1) is 0 Å². The molecule has 0 spiro atoms. The Morgan fingerprint density at radius 2 is 1.57 bits per heavy atom. The fourth-order valence-corrected chi connectivity index (χ4v) is 3.17. The van der Waals surface area contributed by atoms with Crippen molar-refractivity contribution in [2.24, 2.45) is 5.14 Å². The van der Waals surface area contributed by atoms with Crippen LogP contribution in [-0.4, -0.2) is 18.7 Å². The van der Waals surface area contributed by atoms with Gasteiger partial charge in [-0.25, -0.2) is 13.6 Å². The quantitative estimate of drug-likeness (QED) is 0.724. The number of nitrogens with zero attached hydrogens (tertiary/aromatic N) is 1. The zero-order chi connectivity index (χ0) is 21.3. The number of pyridine rings is 1. The van der Waals surface area contributed by atoms with E-state index in [-0.39, 0.29) is 12.0 Å². The third-order valence-corrected chi connectivity index (χ3v) is 5.56. The molecular weight excluding hydrogens is 410 g/mol. The molecule has 0 aliphatic rings. The molecule has 4 nitrogen and oxygen atoms in total. The lowest BCUT2D eigenvalue weighted by molar-refractivity contribution is -0.139. The first-order valence-corrected chi connectivity index (χ1v) is 9.53. The Morgan fingerprint density at radius 1 is 1.00 bits per heavy atom. The number of hydrogen-bond acceptors (Lipinski definition) is 3. The molecule has 2 N–H and O–H groups in total. The maximum atomic E-state index is 13.4. The summed E-state index contributed by atoms with van der Waals surface area (Å²) < 4.78 is 102. The van der Waals surface area contributed by atoms with Crippen molar-refractivity contribution in [3.05, 3.63) is 65.0 Å². The van der Waals surface area contributed by atoms with E-state index in [1.807, 2.05) is 0 Å². The van der Waals surface area contributed by atoms with Crippen molar-refractivity contribution < 1.29 is 34.8 Å². The molecule has 0 bridgehead atoms. The van der Waals surface area contributed by atoms with Crippen molar-refractivity contribution in [1.29, 1.82) is 0 Å². The van der Waals surface area contributed by atoms with Crippen molar-refractivity contribution >= 4 is 10.0 Å². The maximum Gasteiger partial charge on any atom is 0.418 e. The number of rotatable bonds is 5. The smallest absolute Gasteiger partial charge is 0.260 e. The average molecular weight is 426 g/mol. The van der Waals surface area contributed by atoms with Crippen LogP contribution in [-0.2, 0) is 22.4 Å². The highest BCUT2D eigenvalue weighted by molar-refractivity contribution is 7.89. The monoisotopic (exact) mass is 426 g/mol. The second kappa shape index (κ2) is 7.70. The molecule has 0 radical (unpaired) electrons. The number of aromatic nitrogens is 1. The van der Waals surface area contributed by atoms with Gasteiger partial charge in [0.1, 0.15) is 0 Å². The molecule has 1 unspecified atom stereocenters. The minimum Gasteiger partial charge on any atom is -0.260 e. The second-order valence-electron chi connectivity index (χ2n) is 6.24. The Morgan fingerprint density at radius 3 is 2.04 bits per heavy atom. The summed E-state index contributed by atoms with van der Waals surface area (Å²) in [5.41, 5.74) is -2.49.